The molecule has 1 aliphatic rings. The molecule has 0 aromatic heterocycles. The third kappa shape index (κ3) is 2.82. The van der Waals surface area contributed by atoms with Crippen LogP contribution in [0.2, 0.25) is 0 Å². The first-order valence-corrected chi connectivity index (χ1v) is 6.16. The van der Waals surface area contributed by atoms with Gasteiger partial charge in [0.15, 0.2) is 0 Å². The third-order valence-electron chi connectivity index (χ3n) is 3.55. The van der Waals surface area contributed by atoms with Gasteiger partial charge < -0.3 is 5.32 Å². The van der Waals surface area contributed by atoms with Gasteiger partial charge in [0.1, 0.15) is 5.82 Å². The molecule has 1 fully saturated rings. The summed E-state index contributed by atoms with van der Waals surface area (Å²) in [6.07, 6.45) is 3.87. The fourth-order valence-corrected chi connectivity index (χ4v) is 2.56. The molecular weight excluding hydrogens is 201 g/mol. The van der Waals surface area contributed by atoms with E-state index in [1.807, 2.05) is 12.1 Å². The van der Waals surface area contributed by atoms with Gasteiger partial charge in [0.25, 0.3) is 0 Å². The Morgan fingerprint density at radius 1 is 1.25 bits per heavy atom. The smallest absolute Gasteiger partial charge is 0.123 e. The molecule has 0 saturated heterocycles. The number of benzene rings is 1. The molecule has 1 N–H and O–H groups in total. The van der Waals surface area contributed by atoms with Gasteiger partial charge in [-0.15, -0.1) is 0 Å². The topological polar surface area (TPSA) is 12.0 Å². The third-order valence-corrected chi connectivity index (χ3v) is 3.55. The van der Waals surface area contributed by atoms with Gasteiger partial charge >= 0.3 is 0 Å². The lowest BCUT2D eigenvalue weighted by Gasteiger charge is -2.19. The minimum absolute atomic E-state index is 0.162. The molecule has 0 heterocycles. The van der Waals surface area contributed by atoms with E-state index in [9.17, 15) is 4.39 Å². The largest absolute Gasteiger partial charge is 0.307 e. The minimum Gasteiger partial charge on any atom is -0.307 e. The predicted molar refractivity (Wildman–Crippen MR) is 64.8 cm³/mol. The number of rotatable bonds is 3. The summed E-state index contributed by atoms with van der Waals surface area (Å²) in [4.78, 5) is 0. The number of halogens is 1. The zero-order valence-corrected chi connectivity index (χ0v) is 10.0. The van der Waals surface area contributed by atoms with Crippen molar-refractivity contribution in [2.24, 2.45) is 5.92 Å². The fraction of sp³-hybridized carbons (Fsp3) is 0.571. The molecule has 1 aromatic rings. The Labute approximate surface area is 97.1 Å². The average molecular weight is 221 g/mol. The fourth-order valence-electron chi connectivity index (χ4n) is 2.56. The van der Waals surface area contributed by atoms with E-state index in [1.165, 1.54) is 37.0 Å². The predicted octanol–water partition coefficient (Wildman–Crippen LogP) is 3.66. The molecule has 0 amide bonds. The van der Waals surface area contributed by atoms with E-state index < -0.39 is 0 Å². The summed E-state index contributed by atoms with van der Waals surface area (Å²) in [7, 11) is 0. The van der Waals surface area contributed by atoms with Crippen molar-refractivity contribution in [2.75, 3.05) is 0 Å². The Kier molecular flexibility index (Phi) is 3.59. The molecule has 1 aliphatic carbocycles. The number of hydrogen-bond acceptors (Lipinski definition) is 1. The summed E-state index contributed by atoms with van der Waals surface area (Å²) in [5.41, 5.74) is 1.17. The van der Waals surface area contributed by atoms with Crippen LogP contribution in [0.1, 0.15) is 44.7 Å². The Bertz CT molecular complexity index is 333. The van der Waals surface area contributed by atoms with Gasteiger partial charge in [-0.3, -0.25) is 0 Å². The van der Waals surface area contributed by atoms with E-state index in [0.29, 0.717) is 12.1 Å². The van der Waals surface area contributed by atoms with Crippen LogP contribution in [0.15, 0.2) is 24.3 Å². The Balaban J connectivity index is 1.92. The molecule has 1 aromatic carbocycles. The molecule has 2 unspecified atom stereocenters. The lowest BCUT2D eigenvalue weighted by atomic mass is 10.1. The highest BCUT2D eigenvalue weighted by Crippen LogP contribution is 2.26. The van der Waals surface area contributed by atoms with Crippen molar-refractivity contribution in [3.63, 3.8) is 0 Å². The molecule has 2 rings (SSSR count). The van der Waals surface area contributed by atoms with Crippen molar-refractivity contribution >= 4 is 0 Å². The van der Waals surface area contributed by atoms with Crippen molar-refractivity contribution in [3.8, 4) is 0 Å². The van der Waals surface area contributed by atoms with Crippen molar-refractivity contribution in [3.05, 3.63) is 35.6 Å². The monoisotopic (exact) mass is 221 g/mol. The summed E-state index contributed by atoms with van der Waals surface area (Å²) in [5, 5.41) is 3.62. The van der Waals surface area contributed by atoms with Gasteiger partial charge in [-0.05, 0) is 49.8 Å². The molecule has 0 aliphatic heterocycles. The Morgan fingerprint density at radius 3 is 2.50 bits per heavy atom. The SMILES string of the molecule is CC1CCC(N[C@H](C)c2ccc(F)cc2)C1. The second-order valence-electron chi connectivity index (χ2n) is 5.06. The van der Waals surface area contributed by atoms with Crippen molar-refractivity contribution in [2.45, 2.75) is 45.2 Å². The van der Waals surface area contributed by atoms with Gasteiger partial charge in [-0.1, -0.05) is 19.1 Å². The maximum atomic E-state index is 12.8. The zero-order chi connectivity index (χ0) is 11.5. The molecular formula is C14H20FN. The second-order valence-corrected chi connectivity index (χ2v) is 5.06. The zero-order valence-electron chi connectivity index (χ0n) is 10.0. The Hall–Kier alpha value is -0.890. The van der Waals surface area contributed by atoms with Crippen LogP contribution in [0.25, 0.3) is 0 Å². The highest BCUT2D eigenvalue weighted by molar-refractivity contribution is 5.19. The van der Waals surface area contributed by atoms with Gasteiger partial charge in [0.2, 0.25) is 0 Å². The first-order valence-electron chi connectivity index (χ1n) is 6.16. The van der Waals surface area contributed by atoms with Crippen molar-refractivity contribution in [1.82, 2.24) is 5.32 Å². The molecule has 1 saturated carbocycles. The maximum absolute atomic E-state index is 12.8. The molecule has 3 atom stereocenters. The molecule has 0 bridgehead atoms. The van der Waals surface area contributed by atoms with Gasteiger partial charge in [-0.2, -0.15) is 0 Å². The quantitative estimate of drug-likeness (QED) is 0.821. The minimum atomic E-state index is -0.162. The molecule has 0 spiro atoms. The summed E-state index contributed by atoms with van der Waals surface area (Å²) >= 11 is 0. The van der Waals surface area contributed by atoms with E-state index in [0.717, 1.165) is 5.92 Å². The van der Waals surface area contributed by atoms with E-state index in [2.05, 4.69) is 19.2 Å². The lowest BCUT2D eigenvalue weighted by Crippen LogP contribution is -2.29. The molecule has 0 radical (unpaired) electrons. The molecule has 16 heavy (non-hydrogen) atoms. The van der Waals surface area contributed by atoms with Crippen LogP contribution in [0.5, 0.6) is 0 Å². The summed E-state index contributed by atoms with van der Waals surface area (Å²) in [5.74, 6) is 0.684. The van der Waals surface area contributed by atoms with Crippen LogP contribution in [0.4, 0.5) is 4.39 Å². The van der Waals surface area contributed by atoms with Crippen LogP contribution in [0.3, 0.4) is 0 Å². The van der Waals surface area contributed by atoms with Gasteiger partial charge in [-0.25, -0.2) is 4.39 Å². The van der Waals surface area contributed by atoms with Crippen LogP contribution >= 0.6 is 0 Å². The van der Waals surface area contributed by atoms with E-state index in [4.69, 9.17) is 0 Å². The highest BCUT2D eigenvalue weighted by atomic mass is 19.1. The van der Waals surface area contributed by atoms with Crippen LogP contribution in [-0.2, 0) is 0 Å². The average Bonchev–Trinajstić information content (AvgIpc) is 2.65. The van der Waals surface area contributed by atoms with Crippen LogP contribution in [0, 0.1) is 11.7 Å². The first kappa shape index (κ1) is 11.6. The molecule has 88 valence electrons. The van der Waals surface area contributed by atoms with E-state index in [1.54, 1.807) is 0 Å². The van der Waals surface area contributed by atoms with Crippen molar-refractivity contribution in [1.29, 1.82) is 0 Å². The standard InChI is InChI=1S/C14H20FN/c1-10-3-8-14(9-10)16-11(2)12-4-6-13(15)7-5-12/h4-7,10-11,14,16H,3,8-9H2,1-2H3/t10?,11-,14?/m1/s1. The van der Waals surface area contributed by atoms with Crippen LogP contribution < -0.4 is 5.32 Å². The maximum Gasteiger partial charge on any atom is 0.123 e. The van der Waals surface area contributed by atoms with Gasteiger partial charge in [0, 0.05) is 12.1 Å². The number of hydrogen-bond donors (Lipinski definition) is 1. The second kappa shape index (κ2) is 4.96. The first-order chi connectivity index (χ1) is 7.65. The summed E-state index contributed by atoms with van der Waals surface area (Å²) in [6.45, 7) is 4.46. The summed E-state index contributed by atoms with van der Waals surface area (Å²) < 4.78 is 12.8. The van der Waals surface area contributed by atoms with E-state index >= 15 is 0 Å². The summed E-state index contributed by atoms with van der Waals surface area (Å²) in [6, 6.07) is 7.75. The van der Waals surface area contributed by atoms with E-state index in [-0.39, 0.29) is 5.82 Å². The van der Waals surface area contributed by atoms with Crippen molar-refractivity contribution < 1.29 is 4.39 Å². The Morgan fingerprint density at radius 2 is 1.94 bits per heavy atom. The molecule has 2 heteroatoms. The number of nitrogens with one attached hydrogen (secondary N) is 1. The lowest BCUT2D eigenvalue weighted by molar-refractivity contribution is 0.449. The highest BCUT2D eigenvalue weighted by Gasteiger charge is 2.22. The molecule has 1 nitrogen and oxygen atoms in total. The normalized spacial score (nSPS) is 26.9. The van der Waals surface area contributed by atoms with Gasteiger partial charge in [0.05, 0.1) is 0 Å². The van der Waals surface area contributed by atoms with Crippen LogP contribution in [-0.4, -0.2) is 6.04 Å².